The van der Waals surface area contributed by atoms with E-state index in [2.05, 4.69) is 6.58 Å². The highest BCUT2D eigenvalue weighted by molar-refractivity contribution is 5.91. The molecule has 1 N–H and O–H groups in total. The van der Waals surface area contributed by atoms with Gasteiger partial charge in [0, 0.05) is 25.3 Å². The smallest absolute Gasteiger partial charge is 0.334 e. The number of hydrogen-bond donors (Lipinski definition) is 1. The third-order valence-corrected chi connectivity index (χ3v) is 7.42. The van der Waals surface area contributed by atoms with Gasteiger partial charge in [-0.05, 0) is 58.3 Å². The first kappa shape index (κ1) is 24.7. The predicted octanol–water partition coefficient (Wildman–Crippen LogP) is 2.85. The van der Waals surface area contributed by atoms with Crippen LogP contribution in [0.3, 0.4) is 0 Å². The summed E-state index contributed by atoms with van der Waals surface area (Å²) in [5.74, 6) is -1.99. The number of hydrogen-bond acceptors (Lipinski definition) is 8. The van der Waals surface area contributed by atoms with Crippen LogP contribution in [-0.4, -0.2) is 58.6 Å². The zero-order valence-electron chi connectivity index (χ0n) is 19.7. The van der Waals surface area contributed by atoms with Gasteiger partial charge in [-0.1, -0.05) is 13.5 Å². The molecule has 2 bridgehead atoms. The number of carbonyl (C=O) groups excluding carboxylic acids is 3. The van der Waals surface area contributed by atoms with Gasteiger partial charge in [-0.25, -0.2) is 4.79 Å². The van der Waals surface area contributed by atoms with Crippen molar-refractivity contribution < 1.29 is 38.4 Å². The summed E-state index contributed by atoms with van der Waals surface area (Å²) in [6, 6.07) is 0. The molecule has 0 aliphatic carbocycles. The molecule has 0 spiro atoms. The molecule has 32 heavy (non-hydrogen) atoms. The summed E-state index contributed by atoms with van der Waals surface area (Å²) in [4.78, 5) is 36.1. The molecule has 3 aliphatic rings. The topological polar surface area (TPSA) is 108 Å². The lowest BCUT2D eigenvalue weighted by molar-refractivity contribution is -0.191. The highest BCUT2D eigenvalue weighted by atomic mass is 16.6. The molecular weight excluding hydrogens is 416 g/mol. The van der Waals surface area contributed by atoms with Crippen LogP contribution in [0.15, 0.2) is 12.2 Å². The number of fused-ring (bicyclic) bond motifs is 3. The predicted molar refractivity (Wildman–Crippen MR) is 114 cm³/mol. The summed E-state index contributed by atoms with van der Waals surface area (Å²) < 4.78 is 23.3. The molecule has 0 amide bonds. The first-order valence-electron chi connectivity index (χ1n) is 11.5. The van der Waals surface area contributed by atoms with E-state index < -0.39 is 47.4 Å². The Morgan fingerprint density at radius 2 is 1.84 bits per heavy atom. The number of aliphatic hydroxyl groups is 1. The standard InChI is InChI=1S/C24H36O8/c1-13-8-7-10-24(6,31-16(4)26)19-9-11-23(5,32-19)18(27)12-17-14(2)22(28)30-21(17)20(13)29-15(3)25/h13,17-21,27H,2,7-12H2,1,3-6H3/t13-,17-,18-,19+,20+,21+,23-,24-/m0/s1. The Morgan fingerprint density at radius 3 is 2.47 bits per heavy atom. The Kier molecular flexibility index (Phi) is 7.05. The molecule has 0 aromatic rings. The largest absolute Gasteiger partial charge is 0.458 e. The normalized spacial score (nSPS) is 42.7. The van der Waals surface area contributed by atoms with Crippen molar-refractivity contribution in [1.82, 2.24) is 0 Å². The van der Waals surface area contributed by atoms with Crippen LogP contribution in [0.2, 0.25) is 0 Å². The highest BCUT2D eigenvalue weighted by Crippen LogP contribution is 2.45. The van der Waals surface area contributed by atoms with Crippen LogP contribution in [0.1, 0.15) is 73.1 Å². The maximum Gasteiger partial charge on any atom is 0.334 e. The van der Waals surface area contributed by atoms with Crippen LogP contribution >= 0.6 is 0 Å². The number of aliphatic hydroxyl groups excluding tert-OH is 1. The molecule has 3 heterocycles. The van der Waals surface area contributed by atoms with E-state index >= 15 is 0 Å². The second-order valence-electron chi connectivity index (χ2n) is 10.1. The van der Waals surface area contributed by atoms with Crippen LogP contribution in [0, 0.1) is 11.8 Å². The van der Waals surface area contributed by atoms with Crippen molar-refractivity contribution in [3.05, 3.63) is 12.2 Å². The van der Waals surface area contributed by atoms with Gasteiger partial charge >= 0.3 is 17.9 Å². The minimum absolute atomic E-state index is 0.127. The van der Waals surface area contributed by atoms with Crippen LogP contribution in [-0.2, 0) is 33.3 Å². The molecule has 0 unspecified atom stereocenters. The molecule has 3 rings (SSSR count). The lowest BCUT2D eigenvalue weighted by Crippen LogP contribution is -2.48. The van der Waals surface area contributed by atoms with E-state index in [0.29, 0.717) is 32.1 Å². The monoisotopic (exact) mass is 452 g/mol. The highest BCUT2D eigenvalue weighted by Gasteiger charge is 2.53. The van der Waals surface area contributed by atoms with E-state index in [1.165, 1.54) is 13.8 Å². The Hall–Kier alpha value is -1.93. The van der Waals surface area contributed by atoms with E-state index in [-0.39, 0.29) is 30.0 Å². The molecular formula is C24H36O8. The van der Waals surface area contributed by atoms with Gasteiger partial charge in [0.15, 0.2) is 0 Å². The Morgan fingerprint density at radius 1 is 1.16 bits per heavy atom. The summed E-state index contributed by atoms with van der Waals surface area (Å²) in [6.07, 6.45) is 0.668. The zero-order chi connectivity index (χ0) is 23.8. The van der Waals surface area contributed by atoms with Gasteiger partial charge in [0.05, 0.1) is 17.8 Å². The van der Waals surface area contributed by atoms with Crippen LogP contribution in [0.4, 0.5) is 0 Å². The van der Waals surface area contributed by atoms with E-state index in [1.807, 2.05) is 20.8 Å². The summed E-state index contributed by atoms with van der Waals surface area (Å²) in [5.41, 5.74) is -1.43. The van der Waals surface area contributed by atoms with E-state index in [1.54, 1.807) is 0 Å². The summed E-state index contributed by atoms with van der Waals surface area (Å²) in [7, 11) is 0. The second kappa shape index (κ2) is 9.14. The third kappa shape index (κ3) is 4.86. The molecule has 8 nitrogen and oxygen atoms in total. The molecule has 3 aliphatic heterocycles. The lowest BCUT2D eigenvalue weighted by Gasteiger charge is -2.38. The number of carbonyl (C=O) groups is 3. The van der Waals surface area contributed by atoms with E-state index in [9.17, 15) is 19.5 Å². The van der Waals surface area contributed by atoms with Crippen LogP contribution in [0.25, 0.3) is 0 Å². The fourth-order valence-corrected chi connectivity index (χ4v) is 5.47. The molecule has 180 valence electrons. The molecule has 0 radical (unpaired) electrons. The Bertz CT molecular complexity index is 778. The molecule has 3 fully saturated rings. The minimum atomic E-state index is -0.915. The van der Waals surface area contributed by atoms with E-state index in [0.717, 1.165) is 0 Å². The lowest BCUT2D eigenvalue weighted by atomic mass is 9.79. The van der Waals surface area contributed by atoms with Gasteiger partial charge in [-0.2, -0.15) is 0 Å². The molecule has 0 saturated carbocycles. The molecule has 0 aromatic carbocycles. The van der Waals surface area contributed by atoms with Crippen molar-refractivity contribution in [1.29, 1.82) is 0 Å². The Labute approximate surface area is 189 Å². The fourth-order valence-electron chi connectivity index (χ4n) is 5.47. The summed E-state index contributed by atoms with van der Waals surface area (Å²) in [6.45, 7) is 12.3. The van der Waals surface area contributed by atoms with Crippen molar-refractivity contribution in [2.24, 2.45) is 11.8 Å². The maximum atomic E-state index is 12.4. The van der Waals surface area contributed by atoms with E-state index in [4.69, 9.17) is 18.9 Å². The van der Waals surface area contributed by atoms with Gasteiger partial charge in [-0.15, -0.1) is 0 Å². The fraction of sp³-hybridized carbons (Fsp3) is 0.792. The van der Waals surface area contributed by atoms with Crippen LogP contribution < -0.4 is 0 Å². The summed E-state index contributed by atoms with van der Waals surface area (Å²) >= 11 is 0. The average Bonchev–Trinajstić information content (AvgIpc) is 3.22. The first-order chi connectivity index (χ1) is 14.9. The van der Waals surface area contributed by atoms with Crippen molar-refractivity contribution in [2.75, 3.05) is 0 Å². The second-order valence-corrected chi connectivity index (χ2v) is 10.1. The van der Waals surface area contributed by atoms with Gasteiger partial charge in [0.1, 0.15) is 17.8 Å². The van der Waals surface area contributed by atoms with Gasteiger partial charge in [-0.3, -0.25) is 9.59 Å². The zero-order valence-corrected chi connectivity index (χ0v) is 19.7. The minimum Gasteiger partial charge on any atom is -0.458 e. The Balaban J connectivity index is 1.97. The molecule has 8 atom stereocenters. The maximum absolute atomic E-state index is 12.4. The van der Waals surface area contributed by atoms with Gasteiger partial charge < -0.3 is 24.1 Å². The summed E-state index contributed by atoms with van der Waals surface area (Å²) in [5, 5.41) is 11.2. The van der Waals surface area contributed by atoms with Crippen molar-refractivity contribution >= 4 is 17.9 Å². The molecule has 8 heteroatoms. The quantitative estimate of drug-likeness (QED) is 0.387. The van der Waals surface area contributed by atoms with Gasteiger partial charge in [0.25, 0.3) is 0 Å². The number of rotatable bonds is 2. The van der Waals surface area contributed by atoms with Crippen molar-refractivity contribution in [2.45, 2.75) is 109 Å². The van der Waals surface area contributed by atoms with Crippen LogP contribution in [0.5, 0.6) is 0 Å². The average molecular weight is 453 g/mol. The number of ether oxygens (including phenoxy) is 4. The molecule has 3 saturated heterocycles. The van der Waals surface area contributed by atoms with Crippen molar-refractivity contribution in [3.63, 3.8) is 0 Å². The molecule has 0 aromatic heterocycles. The number of esters is 3. The SMILES string of the molecule is C=C1C(=O)O[C@H]2[C@H](OC(C)=O)[C@@H](C)CCC[C@](C)(OC(C)=O)[C@H]3CC[C@](C)(O3)[C@@H](O)C[C@@H]12. The van der Waals surface area contributed by atoms with Gasteiger partial charge in [0.2, 0.25) is 0 Å². The van der Waals surface area contributed by atoms with Crippen molar-refractivity contribution in [3.8, 4) is 0 Å². The third-order valence-electron chi connectivity index (χ3n) is 7.42. The first-order valence-corrected chi connectivity index (χ1v) is 11.5.